The van der Waals surface area contributed by atoms with E-state index < -0.39 is 0 Å². The van der Waals surface area contributed by atoms with Gasteiger partial charge >= 0.3 is 0 Å². The molecule has 0 aliphatic carbocycles. The van der Waals surface area contributed by atoms with Crippen molar-refractivity contribution in [3.63, 3.8) is 0 Å². The molecule has 0 aliphatic rings. The maximum Gasteiger partial charge on any atom is 0.110 e. The highest BCUT2D eigenvalue weighted by Gasteiger charge is 2.22. The fourth-order valence-corrected chi connectivity index (χ4v) is 11.1. The monoisotopic (exact) mass is 685 g/mol. The van der Waals surface area contributed by atoms with Crippen LogP contribution in [0.5, 0.6) is 0 Å². The number of rotatable bonds is 3. The molecule has 0 N–H and O–H groups in total. The van der Waals surface area contributed by atoms with Crippen LogP contribution in [-0.2, 0) is 0 Å². The fraction of sp³-hybridized carbons (Fsp3) is 0. The molecule has 5 aromatic heterocycles. The summed E-state index contributed by atoms with van der Waals surface area (Å²) in [6, 6.07) is 60.1. The summed E-state index contributed by atoms with van der Waals surface area (Å²) >= 11 is 3.79. The van der Waals surface area contributed by atoms with Crippen LogP contribution < -0.4 is 0 Å². The molecule has 0 saturated carbocycles. The Balaban J connectivity index is 1.11. The van der Waals surface area contributed by atoms with Gasteiger partial charge in [-0.3, -0.25) is 4.57 Å². The van der Waals surface area contributed by atoms with Crippen LogP contribution in [0.25, 0.3) is 101 Å². The summed E-state index contributed by atoms with van der Waals surface area (Å²) in [7, 11) is 0. The molecule has 0 unspecified atom stereocenters. The summed E-state index contributed by atoms with van der Waals surface area (Å²) in [5, 5.41) is 10.4. The SMILES string of the molecule is c1cc(-n2c3ccccc3c3cc(-n4c5ccccc5c5ccccc54)ccc32)cc(-n2c3sc4ccccc4c3c3c4ccccc4sc32)c1. The van der Waals surface area contributed by atoms with Gasteiger partial charge in [0.05, 0.1) is 22.1 Å². The Bertz CT molecular complexity index is 3240. The van der Waals surface area contributed by atoms with Gasteiger partial charge in [0.2, 0.25) is 0 Å². The summed E-state index contributed by atoms with van der Waals surface area (Å²) in [5.41, 5.74) is 8.35. The molecule has 5 heterocycles. The number of benzene rings is 7. The van der Waals surface area contributed by atoms with Crippen LogP contribution >= 0.6 is 22.7 Å². The largest absolute Gasteiger partial charge is 0.309 e. The summed E-state index contributed by atoms with van der Waals surface area (Å²) in [4.78, 5) is 2.61. The van der Waals surface area contributed by atoms with Crippen LogP contribution in [0.4, 0.5) is 0 Å². The Morgan fingerprint density at radius 3 is 1.25 bits per heavy atom. The summed E-state index contributed by atoms with van der Waals surface area (Å²) < 4.78 is 10.0. The minimum Gasteiger partial charge on any atom is -0.309 e. The molecule has 3 nitrogen and oxygen atoms in total. The lowest BCUT2D eigenvalue weighted by Gasteiger charge is -2.12. The second kappa shape index (κ2) is 10.2. The predicted octanol–water partition coefficient (Wildman–Crippen LogP) is 13.4. The van der Waals surface area contributed by atoms with Gasteiger partial charge in [-0.25, -0.2) is 0 Å². The third kappa shape index (κ3) is 3.71. The normalized spacial score (nSPS) is 12.3. The number of hydrogen-bond donors (Lipinski definition) is 0. The molecule has 12 rings (SSSR count). The maximum absolute atomic E-state index is 2.51. The van der Waals surface area contributed by atoms with Crippen LogP contribution in [0.2, 0.25) is 0 Å². The Morgan fingerprint density at radius 1 is 0.294 bits per heavy atom. The third-order valence-corrected chi connectivity index (χ3v) is 13.0. The van der Waals surface area contributed by atoms with E-state index >= 15 is 0 Å². The van der Waals surface area contributed by atoms with Crippen molar-refractivity contribution in [1.82, 2.24) is 13.7 Å². The van der Waals surface area contributed by atoms with Crippen molar-refractivity contribution in [3.8, 4) is 17.1 Å². The van der Waals surface area contributed by atoms with E-state index in [4.69, 9.17) is 0 Å². The number of nitrogens with zero attached hydrogens (tertiary/aromatic N) is 3. The molecule has 0 aliphatic heterocycles. The molecule has 5 heteroatoms. The second-order valence-corrected chi connectivity index (χ2v) is 15.4. The lowest BCUT2D eigenvalue weighted by atomic mass is 10.1. The van der Waals surface area contributed by atoms with E-state index in [0.717, 1.165) is 5.69 Å². The quantitative estimate of drug-likeness (QED) is 0.176. The highest BCUT2D eigenvalue weighted by molar-refractivity contribution is 7.28. The van der Waals surface area contributed by atoms with Crippen LogP contribution in [0.3, 0.4) is 0 Å². The smallest absolute Gasteiger partial charge is 0.110 e. The van der Waals surface area contributed by atoms with Crippen LogP contribution in [0.1, 0.15) is 0 Å². The van der Waals surface area contributed by atoms with Crippen molar-refractivity contribution < 1.29 is 0 Å². The molecule has 12 aromatic rings. The minimum atomic E-state index is 1.15. The van der Waals surface area contributed by atoms with Gasteiger partial charge in [0, 0.05) is 69.6 Å². The van der Waals surface area contributed by atoms with Gasteiger partial charge in [-0.1, -0.05) is 97.1 Å². The number of para-hydroxylation sites is 3. The average molecular weight is 686 g/mol. The maximum atomic E-state index is 2.51. The first-order valence-corrected chi connectivity index (χ1v) is 18.9. The minimum absolute atomic E-state index is 1.15. The van der Waals surface area contributed by atoms with E-state index in [-0.39, 0.29) is 0 Å². The van der Waals surface area contributed by atoms with Gasteiger partial charge < -0.3 is 9.13 Å². The van der Waals surface area contributed by atoms with Gasteiger partial charge in [0.1, 0.15) is 9.66 Å². The van der Waals surface area contributed by atoms with E-state index in [0.29, 0.717) is 0 Å². The zero-order valence-electron chi connectivity index (χ0n) is 27.2. The van der Waals surface area contributed by atoms with Gasteiger partial charge in [-0.15, -0.1) is 22.7 Å². The van der Waals surface area contributed by atoms with E-state index in [9.17, 15) is 0 Å². The molecule has 0 amide bonds. The van der Waals surface area contributed by atoms with Crippen molar-refractivity contribution in [1.29, 1.82) is 0 Å². The average Bonchev–Trinajstić information content (AvgIpc) is 3.97. The fourth-order valence-electron chi connectivity index (χ4n) is 8.54. The first kappa shape index (κ1) is 27.7. The number of hydrogen-bond acceptors (Lipinski definition) is 2. The Hall–Kier alpha value is -6.14. The number of aromatic nitrogens is 3. The number of thiophene rings is 2. The van der Waals surface area contributed by atoms with Crippen molar-refractivity contribution in [3.05, 3.63) is 164 Å². The zero-order chi connectivity index (χ0) is 33.2. The molecule has 0 atom stereocenters. The molecule has 0 radical (unpaired) electrons. The molecule has 7 aromatic carbocycles. The molecule has 0 saturated heterocycles. The van der Waals surface area contributed by atoms with E-state index in [2.05, 4.69) is 177 Å². The van der Waals surface area contributed by atoms with Crippen molar-refractivity contribution in [2.45, 2.75) is 0 Å². The van der Waals surface area contributed by atoms with E-state index in [1.54, 1.807) is 0 Å². The predicted molar refractivity (Wildman–Crippen MR) is 220 cm³/mol. The van der Waals surface area contributed by atoms with Crippen LogP contribution in [-0.4, -0.2) is 13.7 Å². The van der Waals surface area contributed by atoms with Crippen molar-refractivity contribution in [2.75, 3.05) is 0 Å². The summed E-state index contributed by atoms with van der Waals surface area (Å²) in [6.45, 7) is 0. The van der Waals surface area contributed by atoms with Gasteiger partial charge in [0.15, 0.2) is 0 Å². The zero-order valence-corrected chi connectivity index (χ0v) is 28.9. The van der Waals surface area contributed by atoms with Gasteiger partial charge in [-0.05, 0) is 66.7 Å². The Kier molecular flexibility index (Phi) is 5.53. The van der Waals surface area contributed by atoms with Crippen LogP contribution in [0, 0.1) is 0 Å². The van der Waals surface area contributed by atoms with Crippen LogP contribution in [0.15, 0.2) is 164 Å². The lowest BCUT2D eigenvalue weighted by Crippen LogP contribution is -1.98. The first-order chi connectivity index (χ1) is 25.3. The van der Waals surface area contributed by atoms with E-state index in [1.807, 2.05) is 22.7 Å². The lowest BCUT2D eigenvalue weighted by molar-refractivity contribution is 1.14. The molecule has 51 heavy (non-hydrogen) atoms. The topological polar surface area (TPSA) is 14.8 Å². The highest BCUT2D eigenvalue weighted by Crippen LogP contribution is 2.48. The Labute approximate surface area is 300 Å². The Morgan fingerprint density at radius 2 is 0.706 bits per heavy atom. The van der Waals surface area contributed by atoms with Crippen molar-refractivity contribution in [2.24, 2.45) is 0 Å². The standard InChI is InChI=1S/C46H27N3S2/c1-6-19-37-31(14-1)32-15-2-7-20-38(32)48(37)30-24-25-40-36(27-30)33-16-3-8-21-39(33)47(40)28-12-11-13-29(26-28)49-45-43(34-17-4-9-22-41(34)50-45)44-35-18-5-10-23-42(35)51-46(44)49/h1-27H. The molecule has 0 spiro atoms. The number of fused-ring (bicyclic) bond motifs is 13. The third-order valence-electron chi connectivity index (χ3n) is 10.7. The second-order valence-electron chi connectivity index (χ2n) is 13.3. The van der Waals surface area contributed by atoms with Crippen molar-refractivity contribution >= 4 is 107 Å². The molecule has 0 bridgehead atoms. The summed E-state index contributed by atoms with van der Waals surface area (Å²) in [5.74, 6) is 0. The molecular formula is C46H27N3S2. The highest BCUT2D eigenvalue weighted by atomic mass is 32.1. The molecular weight excluding hydrogens is 659 g/mol. The molecule has 0 fully saturated rings. The summed E-state index contributed by atoms with van der Waals surface area (Å²) in [6.07, 6.45) is 0. The van der Waals surface area contributed by atoms with E-state index in [1.165, 1.54) is 95.6 Å². The van der Waals surface area contributed by atoms with Gasteiger partial charge in [-0.2, -0.15) is 0 Å². The first-order valence-electron chi connectivity index (χ1n) is 17.3. The molecule has 238 valence electrons. The van der Waals surface area contributed by atoms with Gasteiger partial charge in [0.25, 0.3) is 0 Å².